The SMILES string of the molecule is CC(C)(C)c1ccc(N(c2ccc(C(C)(C)C)cc2)c2cc3c4c(c2)N(c2ccccc2-c2ccccc2)c2cc(-n5c6ccc(C(C)(C)C)cc6c6cc(C(C)(C)C)ccc65)ccc2B4c2ccc(-c4cc(-n5c6ccccc6c6ccccc65)ccc4C#N)cc2N3c2ccccc2-c2ccccc2)cc1. The zero-order valence-corrected chi connectivity index (χ0v) is 63.7. The van der Waals surface area contributed by atoms with Gasteiger partial charge in [-0.3, -0.25) is 0 Å². The molecule has 16 aromatic rings. The Kier molecular flexibility index (Phi) is 15.9. The van der Waals surface area contributed by atoms with Crippen molar-refractivity contribution in [3.63, 3.8) is 0 Å². The predicted octanol–water partition coefficient (Wildman–Crippen LogP) is 25.5. The molecule has 0 amide bonds. The van der Waals surface area contributed by atoms with Gasteiger partial charge in [0.25, 0.3) is 6.71 Å². The molecule has 0 radical (unpaired) electrons. The summed E-state index contributed by atoms with van der Waals surface area (Å²) in [4.78, 5) is 7.68. The minimum Gasteiger partial charge on any atom is -0.311 e. The van der Waals surface area contributed by atoms with E-state index in [1.165, 1.54) is 54.7 Å². The maximum Gasteiger partial charge on any atom is 0.252 e. The second kappa shape index (κ2) is 25.4. The Hall–Kier alpha value is -12.4. The van der Waals surface area contributed by atoms with E-state index in [4.69, 9.17) is 0 Å². The number of aromatic nitrogens is 2. The third-order valence-corrected chi connectivity index (χ3v) is 22.8. The summed E-state index contributed by atoms with van der Waals surface area (Å²) in [6.07, 6.45) is 0. The van der Waals surface area contributed by atoms with Crippen LogP contribution in [0.25, 0.3) is 88.4 Å². The minimum atomic E-state index is -0.302. The number of rotatable bonds is 10. The van der Waals surface area contributed by atoms with Gasteiger partial charge in [-0.25, -0.2) is 0 Å². The van der Waals surface area contributed by atoms with Gasteiger partial charge < -0.3 is 23.8 Å². The predicted molar refractivity (Wildman–Crippen MR) is 460 cm³/mol. The molecule has 2 aromatic heterocycles. The van der Waals surface area contributed by atoms with E-state index >= 15 is 0 Å². The fourth-order valence-corrected chi connectivity index (χ4v) is 17.1. The lowest BCUT2D eigenvalue weighted by Crippen LogP contribution is -2.61. The number of hydrogen-bond donors (Lipinski definition) is 0. The molecule has 2 aliphatic rings. The lowest BCUT2D eigenvalue weighted by Gasteiger charge is -2.46. The first-order valence-corrected chi connectivity index (χ1v) is 38.1. The van der Waals surface area contributed by atoms with Crippen LogP contribution in [0.4, 0.5) is 51.2 Å². The monoisotopic (exact) mass is 1390 g/mol. The van der Waals surface area contributed by atoms with Gasteiger partial charge in [-0.1, -0.05) is 271 Å². The van der Waals surface area contributed by atoms with E-state index in [1.807, 2.05) is 6.07 Å². The van der Waals surface area contributed by atoms with Crippen molar-refractivity contribution in [2.75, 3.05) is 14.7 Å². The maximum absolute atomic E-state index is 11.4. The number of anilines is 9. The van der Waals surface area contributed by atoms with Gasteiger partial charge in [-0.2, -0.15) is 5.26 Å². The minimum absolute atomic E-state index is 0.0685. The molecule has 0 atom stereocenters. The molecule has 6 nitrogen and oxygen atoms in total. The fraction of sp³-hybridized carbons (Fsp3) is 0.158. The maximum atomic E-state index is 11.4. The summed E-state index contributed by atoms with van der Waals surface area (Å²) in [5.74, 6) is 0. The Morgan fingerprint density at radius 1 is 0.287 bits per heavy atom. The van der Waals surface area contributed by atoms with Gasteiger partial charge in [0.15, 0.2) is 0 Å². The largest absolute Gasteiger partial charge is 0.311 e. The van der Waals surface area contributed by atoms with Crippen LogP contribution in [0.1, 0.15) is 111 Å². The molecule has 0 fully saturated rings. The summed E-state index contributed by atoms with van der Waals surface area (Å²) < 4.78 is 4.88. The van der Waals surface area contributed by atoms with Crippen LogP contribution in [0, 0.1) is 11.3 Å². The smallest absolute Gasteiger partial charge is 0.252 e. The number of nitriles is 1. The van der Waals surface area contributed by atoms with E-state index in [2.05, 4.69) is 416 Å². The van der Waals surface area contributed by atoms with Crippen molar-refractivity contribution in [3.8, 4) is 50.8 Å². The fourth-order valence-electron chi connectivity index (χ4n) is 17.1. The van der Waals surface area contributed by atoms with Crippen LogP contribution >= 0.6 is 0 Å². The van der Waals surface area contributed by atoms with E-state index < -0.39 is 0 Å². The highest BCUT2D eigenvalue weighted by atomic mass is 15.2. The first kappa shape index (κ1) is 67.5. The topological polar surface area (TPSA) is 43.4 Å². The van der Waals surface area contributed by atoms with E-state index in [-0.39, 0.29) is 28.4 Å². The highest BCUT2D eigenvalue weighted by Crippen LogP contribution is 2.53. The number of benzene rings is 14. The molecular weight excluding hydrogens is 1310 g/mol. The molecule has 0 saturated carbocycles. The zero-order valence-electron chi connectivity index (χ0n) is 63.7. The lowest BCUT2D eigenvalue weighted by atomic mass is 9.33. The summed E-state index contributed by atoms with van der Waals surface area (Å²) in [5, 5.41) is 16.3. The van der Waals surface area contributed by atoms with Crippen LogP contribution < -0.4 is 31.1 Å². The number of nitrogens with zero attached hydrogens (tertiary/aromatic N) is 6. The number of hydrogen-bond acceptors (Lipinski definition) is 4. The third kappa shape index (κ3) is 11.3. The Labute approximate surface area is 635 Å². The van der Waals surface area contributed by atoms with Crippen molar-refractivity contribution >= 4 is 118 Å². The molecule has 524 valence electrons. The molecule has 0 saturated heterocycles. The van der Waals surface area contributed by atoms with Gasteiger partial charge in [0, 0.05) is 83.7 Å². The first-order valence-electron chi connectivity index (χ1n) is 38.1. The quantitative estimate of drug-likeness (QED) is 0.128. The Morgan fingerprint density at radius 3 is 1.16 bits per heavy atom. The molecule has 108 heavy (non-hydrogen) atoms. The van der Waals surface area contributed by atoms with Crippen LogP contribution in [0.2, 0.25) is 0 Å². The summed E-state index contributed by atoms with van der Waals surface area (Å²) in [6, 6.07) is 118. The van der Waals surface area contributed by atoms with Crippen molar-refractivity contribution in [2.45, 2.75) is 105 Å². The Balaban J connectivity index is 0.976. The van der Waals surface area contributed by atoms with E-state index in [0.29, 0.717) is 5.56 Å². The number of fused-ring (bicyclic) bond motifs is 10. The van der Waals surface area contributed by atoms with Crippen LogP contribution in [0.5, 0.6) is 0 Å². The second-order valence-corrected chi connectivity index (χ2v) is 33.7. The molecule has 0 spiro atoms. The normalized spacial score (nSPS) is 12.9. The van der Waals surface area contributed by atoms with E-state index in [9.17, 15) is 5.26 Å². The lowest BCUT2D eigenvalue weighted by molar-refractivity contribution is 0.590. The molecule has 0 unspecified atom stereocenters. The molecule has 14 aromatic carbocycles. The molecular formula is C101H87BN6. The van der Waals surface area contributed by atoms with Crippen molar-refractivity contribution in [1.82, 2.24) is 9.13 Å². The Bertz CT molecular complexity index is 6120. The van der Waals surface area contributed by atoms with Gasteiger partial charge >= 0.3 is 0 Å². The summed E-state index contributed by atoms with van der Waals surface area (Å²) in [6.45, 7) is 27.4. The molecule has 0 N–H and O–H groups in total. The van der Waals surface area contributed by atoms with Crippen molar-refractivity contribution in [3.05, 3.63) is 337 Å². The van der Waals surface area contributed by atoms with E-state index in [1.54, 1.807) is 0 Å². The van der Waals surface area contributed by atoms with Crippen molar-refractivity contribution < 1.29 is 0 Å². The molecule has 2 aliphatic heterocycles. The van der Waals surface area contributed by atoms with Crippen LogP contribution in [-0.2, 0) is 21.7 Å². The molecule has 0 bridgehead atoms. The van der Waals surface area contributed by atoms with Gasteiger partial charge in [0.1, 0.15) is 0 Å². The summed E-state index contributed by atoms with van der Waals surface area (Å²) in [7, 11) is 0. The van der Waals surface area contributed by atoms with Crippen LogP contribution in [0.15, 0.2) is 309 Å². The molecule has 18 rings (SSSR count). The standard InChI is InChI=1S/C101H87BN6/c1-98(2,3)69-41-48-73(49-42-69)104(74-50-43-70(44-51-74)99(4,5)6)77-62-95-97-96(63-77)108(88-36-24-20-32-79(88)66-29-17-14-18-30-66)94-61-76(106-91-55-45-71(100(7,8)9)58-83(91)84-59-72(101(10,11)12)46-56-92(84)106)52-54-86(94)102(97)85-53-40-67(57-93(85)107(95)87-35-23-19-31-78(87)65-27-15-13-16-28-65)82-60-75(47-39-68(82)64-103)105-89-37-25-21-33-80(89)81-34-22-26-38-90(81)105/h13-63H,1-12H3. The number of para-hydroxylation sites is 4. The van der Waals surface area contributed by atoms with E-state index in [0.717, 1.165) is 123 Å². The first-order chi connectivity index (χ1) is 52.1. The zero-order chi connectivity index (χ0) is 74.3. The van der Waals surface area contributed by atoms with Crippen LogP contribution in [0.3, 0.4) is 0 Å². The molecule has 7 heteroatoms. The van der Waals surface area contributed by atoms with Gasteiger partial charge in [0.05, 0.1) is 50.8 Å². The highest BCUT2D eigenvalue weighted by Gasteiger charge is 2.45. The average Bonchev–Trinajstić information content (AvgIpc) is 0.834. The average molecular weight is 1400 g/mol. The summed E-state index contributed by atoms with van der Waals surface area (Å²) >= 11 is 0. The molecule has 0 aliphatic carbocycles. The highest BCUT2D eigenvalue weighted by molar-refractivity contribution is 7.00. The summed E-state index contributed by atoms with van der Waals surface area (Å²) in [5.41, 5.74) is 31.2. The second-order valence-electron chi connectivity index (χ2n) is 33.7. The van der Waals surface area contributed by atoms with Gasteiger partial charge in [-0.15, -0.1) is 0 Å². The van der Waals surface area contributed by atoms with Gasteiger partial charge in [-0.05, 0) is 198 Å². The third-order valence-electron chi connectivity index (χ3n) is 22.8. The Morgan fingerprint density at radius 2 is 0.685 bits per heavy atom. The van der Waals surface area contributed by atoms with Crippen molar-refractivity contribution in [1.29, 1.82) is 5.26 Å². The van der Waals surface area contributed by atoms with Gasteiger partial charge in [0.2, 0.25) is 0 Å². The van der Waals surface area contributed by atoms with Crippen LogP contribution in [-0.4, -0.2) is 15.8 Å². The molecule has 4 heterocycles. The van der Waals surface area contributed by atoms with Crippen molar-refractivity contribution in [2.24, 2.45) is 0 Å².